The molecule has 0 aromatic heterocycles. The van der Waals surface area contributed by atoms with Gasteiger partial charge in [-0.25, -0.2) is 4.79 Å². The van der Waals surface area contributed by atoms with E-state index in [9.17, 15) is 14.4 Å². The summed E-state index contributed by atoms with van der Waals surface area (Å²) in [6, 6.07) is 9.08. The number of hydrogen-bond donors (Lipinski definition) is 0. The summed E-state index contributed by atoms with van der Waals surface area (Å²) in [5, 5.41) is 0.434. The van der Waals surface area contributed by atoms with Crippen LogP contribution in [0.4, 0.5) is 0 Å². The van der Waals surface area contributed by atoms with E-state index in [1.165, 1.54) is 45.6 Å². The normalized spacial score (nSPS) is 12.7. The first-order valence-electron chi connectivity index (χ1n) is 7.52. The van der Waals surface area contributed by atoms with Gasteiger partial charge in [0, 0.05) is 0 Å². The molecule has 8 nitrogen and oxygen atoms in total. The highest BCUT2D eigenvalue weighted by atomic mass is 16.7. The number of methoxy groups -OCH3 is 3. The molecule has 2 aromatic rings. The van der Waals surface area contributed by atoms with Crippen molar-refractivity contribution in [2.24, 2.45) is 0 Å². The highest BCUT2D eigenvalue weighted by Crippen LogP contribution is 2.40. The third-order valence-corrected chi connectivity index (χ3v) is 3.86. The Morgan fingerprint density at radius 3 is 1.88 bits per heavy atom. The molecule has 2 amide bonds. The minimum Gasteiger partial charge on any atom is -0.493 e. The van der Waals surface area contributed by atoms with Crippen LogP contribution in [-0.4, -0.2) is 44.2 Å². The van der Waals surface area contributed by atoms with Gasteiger partial charge in [-0.3, -0.25) is 9.59 Å². The number of fused-ring (bicyclic) bond motifs is 1. The maximum Gasteiger partial charge on any atom is 0.367 e. The number of amides is 2. The Morgan fingerprint density at radius 2 is 1.38 bits per heavy atom. The Hall–Kier alpha value is -3.55. The highest BCUT2D eigenvalue weighted by Gasteiger charge is 2.39. The zero-order valence-corrected chi connectivity index (χ0v) is 14.3. The average Bonchev–Trinajstić information content (AvgIpc) is 2.91. The van der Waals surface area contributed by atoms with Crippen molar-refractivity contribution in [1.82, 2.24) is 5.06 Å². The summed E-state index contributed by atoms with van der Waals surface area (Å²) < 4.78 is 15.6. The molecule has 134 valence electrons. The average molecular weight is 357 g/mol. The summed E-state index contributed by atoms with van der Waals surface area (Å²) in [4.78, 5) is 42.2. The number of hydroxylamine groups is 2. The summed E-state index contributed by atoms with van der Waals surface area (Å²) in [5.41, 5.74) is 0.316. The SMILES string of the molecule is COc1ccc(C(=O)ON2C(=O)c3ccccc3C2=O)c(OC)c1OC. The fourth-order valence-electron chi connectivity index (χ4n) is 2.64. The number of hydrogen-bond acceptors (Lipinski definition) is 7. The minimum atomic E-state index is -0.947. The van der Waals surface area contributed by atoms with Crippen LogP contribution in [0.2, 0.25) is 0 Å². The van der Waals surface area contributed by atoms with Gasteiger partial charge in [0.1, 0.15) is 5.56 Å². The Morgan fingerprint density at radius 1 is 0.808 bits per heavy atom. The van der Waals surface area contributed by atoms with E-state index >= 15 is 0 Å². The van der Waals surface area contributed by atoms with E-state index in [1.807, 2.05) is 0 Å². The topological polar surface area (TPSA) is 91.4 Å². The fraction of sp³-hybridized carbons (Fsp3) is 0.167. The van der Waals surface area contributed by atoms with E-state index in [4.69, 9.17) is 19.0 Å². The van der Waals surface area contributed by atoms with Crippen LogP contribution in [0.25, 0.3) is 0 Å². The molecule has 0 saturated heterocycles. The molecule has 0 aliphatic carbocycles. The van der Waals surface area contributed by atoms with Gasteiger partial charge in [0.15, 0.2) is 11.5 Å². The molecule has 8 heteroatoms. The lowest BCUT2D eigenvalue weighted by atomic mass is 10.1. The van der Waals surface area contributed by atoms with Crippen LogP contribution >= 0.6 is 0 Å². The van der Waals surface area contributed by atoms with Gasteiger partial charge in [0.25, 0.3) is 11.8 Å². The van der Waals surface area contributed by atoms with E-state index < -0.39 is 17.8 Å². The van der Waals surface area contributed by atoms with Gasteiger partial charge in [0.2, 0.25) is 5.75 Å². The van der Waals surface area contributed by atoms with Crippen LogP contribution in [0.3, 0.4) is 0 Å². The summed E-state index contributed by atoms with van der Waals surface area (Å²) in [6.07, 6.45) is 0. The number of carbonyl (C=O) groups excluding carboxylic acids is 3. The Kier molecular flexibility index (Phi) is 4.49. The number of carbonyl (C=O) groups is 3. The lowest BCUT2D eigenvalue weighted by molar-refractivity contribution is -0.0586. The fourth-order valence-corrected chi connectivity index (χ4v) is 2.64. The van der Waals surface area contributed by atoms with E-state index in [2.05, 4.69) is 0 Å². The number of rotatable bonds is 5. The van der Waals surface area contributed by atoms with Crippen molar-refractivity contribution in [3.63, 3.8) is 0 Å². The third-order valence-electron chi connectivity index (χ3n) is 3.86. The van der Waals surface area contributed by atoms with Gasteiger partial charge in [0.05, 0.1) is 32.5 Å². The van der Waals surface area contributed by atoms with Crippen LogP contribution in [0.1, 0.15) is 31.1 Å². The summed E-state index contributed by atoms with van der Waals surface area (Å²) in [6.45, 7) is 0. The van der Waals surface area contributed by atoms with Crippen LogP contribution < -0.4 is 14.2 Å². The van der Waals surface area contributed by atoms with E-state index in [0.717, 1.165) is 0 Å². The first-order chi connectivity index (χ1) is 12.5. The molecule has 0 radical (unpaired) electrons. The number of nitrogens with zero attached hydrogens (tertiary/aromatic N) is 1. The third kappa shape index (κ3) is 2.61. The quantitative estimate of drug-likeness (QED) is 0.757. The van der Waals surface area contributed by atoms with Crippen molar-refractivity contribution in [2.75, 3.05) is 21.3 Å². The molecule has 0 atom stereocenters. The molecular formula is C18H15NO7. The van der Waals surface area contributed by atoms with Gasteiger partial charge in [-0.15, -0.1) is 0 Å². The van der Waals surface area contributed by atoms with Crippen molar-refractivity contribution in [1.29, 1.82) is 0 Å². The standard InChI is InChI=1S/C18H15NO7/c1-23-13-9-8-12(14(24-2)15(13)25-3)18(22)26-19-16(20)10-6-4-5-7-11(10)17(19)21/h4-9H,1-3H3. The van der Waals surface area contributed by atoms with E-state index in [0.29, 0.717) is 10.8 Å². The zero-order chi connectivity index (χ0) is 18.8. The molecule has 1 aliphatic heterocycles. The molecule has 2 aromatic carbocycles. The summed E-state index contributed by atoms with van der Waals surface area (Å²) in [5.74, 6) is -1.77. The molecule has 0 N–H and O–H groups in total. The van der Waals surface area contributed by atoms with Crippen molar-refractivity contribution in [3.05, 3.63) is 53.1 Å². The summed E-state index contributed by atoms with van der Waals surface area (Å²) in [7, 11) is 4.17. The second-order valence-corrected chi connectivity index (χ2v) is 5.21. The molecule has 0 saturated carbocycles. The molecule has 1 aliphatic rings. The highest BCUT2D eigenvalue weighted by molar-refractivity contribution is 6.21. The lowest BCUT2D eigenvalue weighted by Gasteiger charge is -2.17. The second kappa shape index (κ2) is 6.75. The van der Waals surface area contributed by atoms with Crippen molar-refractivity contribution in [3.8, 4) is 17.2 Å². The van der Waals surface area contributed by atoms with E-state index in [1.54, 1.807) is 12.1 Å². The van der Waals surface area contributed by atoms with Gasteiger partial charge < -0.3 is 19.0 Å². The van der Waals surface area contributed by atoms with Crippen molar-refractivity contribution < 1.29 is 33.4 Å². The Labute approximate surface area is 148 Å². The van der Waals surface area contributed by atoms with Gasteiger partial charge in [-0.1, -0.05) is 17.2 Å². The second-order valence-electron chi connectivity index (χ2n) is 5.21. The first-order valence-corrected chi connectivity index (χ1v) is 7.52. The predicted octanol–water partition coefficient (Wildman–Crippen LogP) is 2.08. The molecule has 3 rings (SSSR count). The maximum atomic E-state index is 12.5. The molecular weight excluding hydrogens is 342 g/mol. The van der Waals surface area contributed by atoms with Crippen molar-refractivity contribution >= 4 is 17.8 Å². The first kappa shape index (κ1) is 17.3. The van der Waals surface area contributed by atoms with Gasteiger partial charge in [-0.05, 0) is 24.3 Å². The lowest BCUT2D eigenvalue weighted by Crippen LogP contribution is -2.32. The predicted molar refractivity (Wildman–Crippen MR) is 88.5 cm³/mol. The molecule has 1 heterocycles. The monoisotopic (exact) mass is 357 g/mol. The van der Waals surface area contributed by atoms with Gasteiger partial charge in [-0.2, -0.15) is 0 Å². The van der Waals surface area contributed by atoms with Crippen LogP contribution in [0.5, 0.6) is 17.2 Å². The Bertz CT molecular complexity index is 871. The van der Waals surface area contributed by atoms with Crippen molar-refractivity contribution in [2.45, 2.75) is 0 Å². The zero-order valence-electron chi connectivity index (χ0n) is 14.3. The molecule has 0 spiro atoms. The summed E-state index contributed by atoms with van der Waals surface area (Å²) >= 11 is 0. The van der Waals surface area contributed by atoms with Crippen LogP contribution in [0.15, 0.2) is 36.4 Å². The van der Waals surface area contributed by atoms with Crippen LogP contribution in [0, 0.1) is 0 Å². The largest absolute Gasteiger partial charge is 0.493 e. The number of ether oxygens (including phenoxy) is 3. The number of imide groups is 1. The smallest absolute Gasteiger partial charge is 0.367 e. The molecule has 26 heavy (non-hydrogen) atoms. The number of benzene rings is 2. The van der Waals surface area contributed by atoms with E-state index in [-0.39, 0.29) is 28.2 Å². The minimum absolute atomic E-state index is 0.0262. The molecule has 0 bridgehead atoms. The molecule has 0 fully saturated rings. The van der Waals surface area contributed by atoms with Crippen LogP contribution in [-0.2, 0) is 4.84 Å². The molecule has 0 unspecified atom stereocenters. The maximum absolute atomic E-state index is 12.5. The Balaban J connectivity index is 1.92. The van der Waals surface area contributed by atoms with Gasteiger partial charge >= 0.3 is 5.97 Å².